The van der Waals surface area contributed by atoms with E-state index in [2.05, 4.69) is 15.4 Å². The van der Waals surface area contributed by atoms with Gasteiger partial charge in [-0.15, -0.1) is 0 Å². The molecule has 0 radical (unpaired) electrons. The van der Waals surface area contributed by atoms with Crippen molar-refractivity contribution in [2.45, 2.75) is 0 Å². The summed E-state index contributed by atoms with van der Waals surface area (Å²) in [6.45, 7) is 0.260. The van der Waals surface area contributed by atoms with Gasteiger partial charge in [0.05, 0.1) is 22.5 Å². The molecule has 0 aliphatic heterocycles. The maximum Gasteiger partial charge on any atom is 0.338 e. The van der Waals surface area contributed by atoms with Gasteiger partial charge in [0, 0.05) is 36.9 Å². The number of carbonyl (C=O) groups is 2. The number of para-hydroxylation sites is 2. The Morgan fingerprint density at radius 2 is 1.68 bits per heavy atom. The molecule has 2 aromatic carbocycles. The van der Waals surface area contributed by atoms with Crippen LogP contribution in [0.4, 0.5) is 17.1 Å². The number of amides is 1. The van der Waals surface area contributed by atoms with E-state index in [0.29, 0.717) is 5.69 Å². The number of esters is 1. The molecule has 0 fully saturated rings. The van der Waals surface area contributed by atoms with E-state index in [1.165, 1.54) is 24.3 Å². The van der Waals surface area contributed by atoms with Crippen LogP contribution in [0, 0.1) is 20.2 Å². The van der Waals surface area contributed by atoms with Gasteiger partial charge in [-0.2, -0.15) is 0 Å². The van der Waals surface area contributed by atoms with Crippen molar-refractivity contribution < 1.29 is 24.2 Å². The monoisotopic (exact) mass is 388 g/mol. The Kier molecular flexibility index (Phi) is 6.58. The summed E-state index contributed by atoms with van der Waals surface area (Å²) in [6, 6.07) is 9.28. The van der Waals surface area contributed by atoms with E-state index in [4.69, 9.17) is 0 Å². The number of rotatable bonds is 8. The SMILES string of the molecule is COC(=O)c1cc(C(=O)NCCNc2ccccc2[N+](=O)[O-])cc([N+](=O)[O-])c1. The fourth-order valence-electron chi connectivity index (χ4n) is 2.34. The number of nitro groups is 2. The number of nitrogens with one attached hydrogen (secondary N) is 2. The van der Waals surface area contributed by atoms with Crippen LogP contribution in [-0.2, 0) is 4.74 Å². The summed E-state index contributed by atoms with van der Waals surface area (Å²) in [5, 5.41) is 27.3. The molecule has 2 rings (SSSR count). The van der Waals surface area contributed by atoms with Gasteiger partial charge in [0.2, 0.25) is 0 Å². The minimum Gasteiger partial charge on any atom is -0.465 e. The number of non-ortho nitro benzene ring substituents is 1. The third-order valence-corrected chi connectivity index (χ3v) is 3.64. The number of hydrogen-bond acceptors (Lipinski definition) is 8. The first-order valence-corrected chi connectivity index (χ1v) is 7.96. The molecule has 11 heteroatoms. The second-order valence-electron chi connectivity index (χ2n) is 5.47. The van der Waals surface area contributed by atoms with Crippen LogP contribution in [0.3, 0.4) is 0 Å². The highest BCUT2D eigenvalue weighted by Crippen LogP contribution is 2.22. The highest BCUT2D eigenvalue weighted by Gasteiger charge is 2.18. The minimum absolute atomic E-state index is 0.0831. The summed E-state index contributed by atoms with van der Waals surface area (Å²) in [6.07, 6.45) is 0. The lowest BCUT2D eigenvalue weighted by atomic mass is 10.1. The van der Waals surface area contributed by atoms with Crippen LogP contribution in [0.5, 0.6) is 0 Å². The number of nitrogens with zero attached hydrogens (tertiary/aromatic N) is 2. The quantitative estimate of drug-likeness (QED) is 0.302. The molecule has 0 aliphatic carbocycles. The van der Waals surface area contributed by atoms with Crippen molar-refractivity contribution in [3.05, 3.63) is 73.8 Å². The van der Waals surface area contributed by atoms with Crippen LogP contribution in [0.2, 0.25) is 0 Å². The van der Waals surface area contributed by atoms with Crippen molar-refractivity contribution in [3.63, 3.8) is 0 Å². The molecule has 1 amide bonds. The Balaban J connectivity index is 2.03. The molecular formula is C17H16N4O7. The normalized spacial score (nSPS) is 10.0. The zero-order valence-electron chi connectivity index (χ0n) is 14.7. The minimum atomic E-state index is -0.809. The topological polar surface area (TPSA) is 154 Å². The number of carbonyl (C=O) groups excluding carboxylic acids is 2. The largest absolute Gasteiger partial charge is 0.465 e. The van der Waals surface area contributed by atoms with Gasteiger partial charge in [-0.25, -0.2) is 4.79 Å². The Labute approximate surface area is 158 Å². The molecule has 0 saturated heterocycles. The average molecular weight is 388 g/mol. The smallest absolute Gasteiger partial charge is 0.338 e. The van der Waals surface area contributed by atoms with Gasteiger partial charge < -0.3 is 15.4 Å². The molecule has 2 N–H and O–H groups in total. The second-order valence-corrected chi connectivity index (χ2v) is 5.47. The molecule has 0 bridgehead atoms. The van der Waals surface area contributed by atoms with Crippen LogP contribution in [-0.4, -0.2) is 41.9 Å². The molecule has 0 aliphatic rings. The second kappa shape index (κ2) is 9.07. The molecule has 0 atom stereocenters. The van der Waals surface area contributed by atoms with Crippen molar-refractivity contribution >= 4 is 28.9 Å². The maximum atomic E-state index is 12.2. The van der Waals surface area contributed by atoms with E-state index in [9.17, 15) is 29.8 Å². The van der Waals surface area contributed by atoms with Crippen LogP contribution < -0.4 is 10.6 Å². The Morgan fingerprint density at radius 1 is 1.00 bits per heavy atom. The molecule has 0 aromatic heterocycles. The van der Waals surface area contributed by atoms with Crippen LogP contribution >= 0.6 is 0 Å². The lowest BCUT2D eigenvalue weighted by Crippen LogP contribution is -2.29. The zero-order valence-corrected chi connectivity index (χ0v) is 14.7. The Morgan fingerprint density at radius 3 is 2.32 bits per heavy atom. The van der Waals surface area contributed by atoms with Crippen LogP contribution in [0.1, 0.15) is 20.7 Å². The number of anilines is 1. The molecule has 0 heterocycles. The van der Waals surface area contributed by atoms with Crippen LogP contribution in [0.15, 0.2) is 42.5 Å². The predicted molar refractivity (Wildman–Crippen MR) is 98.4 cm³/mol. The molecule has 0 spiro atoms. The molecule has 146 valence electrons. The maximum absolute atomic E-state index is 12.2. The summed E-state index contributed by atoms with van der Waals surface area (Å²) in [4.78, 5) is 44.6. The van der Waals surface area contributed by atoms with Gasteiger partial charge in [-0.3, -0.25) is 25.0 Å². The van der Waals surface area contributed by atoms with Crippen molar-refractivity contribution in [1.29, 1.82) is 0 Å². The molecule has 11 nitrogen and oxygen atoms in total. The highest BCUT2D eigenvalue weighted by atomic mass is 16.6. The van der Waals surface area contributed by atoms with E-state index in [-0.39, 0.29) is 29.9 Å². The molecule has 0 unspecified atom stereocenters. The summed E-state index contributed by atoms with van der Waals surface area (Å²) >= 11 is 0. The summed E-state index contributed by atoms with van der Waals surface area (Å²) in [7, 11) is 1.12. The Hall–Kier alpha value is -4.02. The van der Waals surface area contributed by atoms with Gasteiger partial charge in [-0.1, -0.05) is 12.1 Å². The summed E-state index contributed by atoms with van der Waals surface area (Å²) in [5.74, 6) is -1.45. The average Bonchev–Trinajstić information content (AvgIpc) is 2.70. The van der Waals surface area contributed by atoms with E-state index in [0.717, 1.165) is 19.2 Å². The van der Waals surface area contributed by atoms with Crippen molar-refractivity contribution in [2.75, 3.05) is 25.5 Å². The number of nitro benzene ring substituents is 2. The molecule has 2 aromatic rings. The lowest BCUT2D eigenvalue weighted by Gasteiger charge is -2.09. The van der Waals surface area contributed by atoms with Crippen molar-refractivity contribution in [1.82, 2.24) is 5.32 Å². The Bertz CT molecular complexity index is 929. The fourth-order valence-corrected chi connectivity index (χ4v) is 2.34. The fraction of sp³-hybridized carbons (Fsp3) is 0.176. The standard InChI is InChI=1S/C17H16N4O7/c1-28-17(23)12-8-11(9-13(10-12)20(24)25)16(22)19-7-6-18-14-4-2-3-5-15(14)21(26)27/h2-5,8-10,18H,6-7H2,1H3,(H,19,22). The first kappa shape index (κ1) is 20.3. The van der Waals surface area contributed by atoms with E-state index in [1.807, 2.05) is 0 Å². The third-order valence-electron chi connectivity index (χ3n) is 3.64. The molecule has 28 heavy (non-hydrogen) atoms. The van der Waals surface area contributed by atoms with Crippen molar-refractivity contribution in [3.8, 4) is 0 Å². The third kappa shape index (κ3) is 5.00. The lowest BCUT2D eigenvalue weighted by molar-refractivity contribution is -0.384. The number of hydrogen-bond donors (Lipinski definition) is 2. The molecular weight excluding hydrogens is 372 g/mol. The van der Waals surface area contributed by atoms with Gasteiger partial charge in [0.15, 0.2) is 0 Å². The number of ether oxygens (including phenoxy) is 1. The van der Waals surface area contributed by atoms with Gasteiger partial charge in [0.25, 0.3) is 17.3 Å². The predicted octanol–water partition coefficient (Wildman–Crippen LogP) is 2.13. The van der Waals surface area contributed by atoms with Gasteiger partial charge in [0.1, 0.15) is 5.69 Å². The van der Waals surface area contributed by atoms with E-state index in [1.54, 1.807) is 6.07 Å². The first-order chi connectivity index (χ1) is 13.3. The van der Waals surface area contributed by atoms with Crippen molar-refractivity contribution in [2.24, 2.45) is 0 Å². The summed E-state index contributed by atoms with van der Waals surface area (Å²) < 4.78 is 4.53. The number of methoxy groups -OCH3 is 1. The van der Waals surface area contributed by atoms with E-state index < -0.39 is 27.4 Å². The van der Waals surface area contributed by atoms with Gasteiger partial charge in [-0.05, 0) is 12.1 Å². The molecule has 0 saturated carbocycles. The first-order valence-electron chi connectivity index (χ1n) is 7.96. The van der Waals surface area contributed by atoms with Crippen LogP contribution in [0.25, 0.3) is 0 Å². The summed E-state index contributed by atoms with van der Waals surface area (Å²) in [5.41, 5.74) is -0.438. The highest BCUT2D eigenvalue weighted by molar-refractivity contribution is 5.99. The number of benzene rings is 2. The van der Waals surface area contributed by atoms with Gasteiger partial charge >= 0.3 is 5.97 Å². The zero-order chi connectivity index (χ0) is 20.7. The van der Waals surface area contributed by atoms with E-state index >= 15 is 0 Å².